The minimum Gasteiger partial charge on any atom is -0.546 e. The zero-order valence-electron chi connectivity index (χ0n) is 14.9. The summed E-state index contributed by atoms with van der Waals surface area (Å²) in [4.78, 5) is 4.54. The van der Waals surface area contributed by atoms with Gasteiger partial charge in [0.25, 0.3) is 0 Å². The molecule has 0 bridgehead atoms. The van der Waals surface area contributed by atoms with E-state index in [0.29, 0.717) is 12.3 Å². The molecule has 2 aromatic rings. The molecule has 1 heterocycles. The van der Waals surface area contributed by atoms with E-state index in [9.17, 15) is 0 Å². The number of nitrogens with zero attached hydrogens (tertiary/aromatic N) is 1. The standard InChI is InChI=1S/C18H27NO3Si/c1-12-15(9-10-20)19-17(21-12)14-8-7-13(18(2,3)4)11-16(14)22-23(5)6/h7-8,11,20,23H,9-10H2,1-6H3. The number of aromatic nitrogens is 1. The Morgan fingerprint density at radius 3 is 2.52 bits per heavy atom. The molecule has 0 unspecified atom stereocenters. The molecule has 1 aromatic heterocycles. The fourth-order valence-corrected chi connectivity index (χ4v) is 3.10. The van der Waals surface area contributed by atoms with Crippen LogP contribution >= 0.6 is 0 Å². The quantitative estimate of drug-likeness (QED) is 0.845. The lowest BCUT2D eigenvalue weighted by atomic mass is 9.86. The van der Waals surface area contributed by atoms with Gasteiger partial charge < -0.3 is 13.9 Å². The van der Waals surface area contributed by atoms with Gasteiger partial charge in [0.05, 0.1) is 11.3 Å². The van der Waals surface area contributed by atoms with E-state index in [2.05, 4.69) is 51.0 Å². The minimum absolute atomic E-state index is 0.0593. The van der Waals surface area contributed by atoms with Crippen LogP contribution in [0, 0.1) is 6.92 Å². The highest BCUT2D eigenvalue weighted by Gasteiger charge is 2.20. The third kappa shape index (κ3) is 4.23. The summed E-state index contributed by atoms with van der Waals surface area (Å²) in [6.07, 6.45) is 0.504. The summed E-state index contributed by atoms with van der Waals surface area (Å²) in [5.41, 5.74) is 2.97. The molecule has 5 heteroatoms. The van der Waals surface area contributed by atoms with Crippen LogP contribution in [0.15, 0.2) is 22.6 Å². The summed E-state index contributed by atoms with van der Waals surface area (Å²) in [6, 6.07) is 6.24. The Hall–Kier alpha value is -1.59. The van der Waals surface area contributed by atoms with Gasteiger partial charge in [0.1, 0.15) is 11.5 Å². The lowest BCUT2D eigenvalue weighted by Crippen LogP contribution is -2.15. The van der Waals surface area contributed by atoms with Gasteiger partial charge in [-0.3, -0.25) is 0 Å². The van der Waals surface area contributed by atoms with E-state index in [1.807, 2.05) is 13.0 Å². The van der Waals surface area contributed by atoms with Gasteiger partial charge in [-0.25, -0.2) is 4.98 Å². The first-order valence-corrected chi connectivity index (χ1v) is 10.9. The summed E-state index contributed by atoms with van der Waals surface area (Å²) < 4.78 is 11.9. The van der Waals surface area contributed by atoms with Crippen LogP contribution in [0.4, 0.5) is 0 Å². The number of hydrogen-bond donors (Lipinski definition) is 1. The zero-order valence-corrected chi connectivity index (χ0v) is 16.1. The molecule has 4 nitrogen and oxygen atoms in total. The van der Waals surface area contributed by atoms with E-state index in [4.69, 9.17) is 13.9 Å². The summed E-state index contributed by atoms with van der Waals surface area (Å²) in [5.74, 6) is 2.16. The fraction of sp³-hybridized carbons (Fsp3) is 0.500. The molecular formula is C18H27NO3Si. The Morgan fingerprint density at radius 2 is 1.96 bits per heavy atom. The number of oxazole rings is 1. The van der Waals surface area contributed by atoms with Crippen molar-refractivity contribution in [3.8, 4) is 17.2 Å². The van der Waals surface area contributed by atoms with Crippen LogP contribution in [0.5, 0.6) is 5.75 Å². The van der Waals surface area contributed by atoms with Gasteiger partial charge in [-0.2, -0.15) is 0 Å². The summed E-state index contributed by atoms with van der Waals surface area (Å²) in [7, 11) is -1.25. The maximum Gasteiger partial charge on any atom is 0.230 e. The van der Waals surface area contributed by atoms with Crippen molar-refractivity contribution in [2.45, 2.75) is 52.6 Å². The molecule has 0 aliphatic carbocycles. The number of hydrogen-bond acceptors (Lipinski definition) is 4. The molecular weight excluding hydrogens is 306 g/mol. The fourth-order valence-electron chi connectivity index (χ4n) is 2.40. The smallest absolute Gasteiger partial charge is 0.230 e. The van der Waals surface area contributed by atoms with E-state index in [-0.39, 0.29) is 12.0 Å². The Morgan fingerprint density at radius 1 is 1.26 bits per heavy atom. The number of aryl methyl sites for hydroxylation is 1. The van der Waals surface area contributed by atoms with Crippen molar-refractivity contribution in [1.29, 1.82) is 0 Å². The van der Waals surface area contributed by atoms with Crippen LogP contribution in [0.3, 0.4) is 0 Å². The van der Waals surface area contributed by atoms with Crippen LogP contribution in [0.1, 0.15) is 37.8 Å². The summed E-state index contributed by atoms with van der Waals surface area (Å²) in [6.45, 7) is 12.8. The molecule has 0 atom stereocenters. The molecule has 0 aliphatic rings. The Bertz CT molecular complexity index is 671. The SMILES string of the molecule is Cc1oc(-c2ccc(C(C)(C)C)cc2O[SiH](C)C)nc1CCO. The molecule has 0 radical (unpaired) electrons. The number of rotatable bonds is 5. The lowest BCUT2D eigenvalue weighted by molar-refractivity contribution is 0.297. The Kier molecular flexibility index (Phi) is 5.32. The first-order chi connectivity index (χ1) is 10.7. The highest BCUT2D eigenvalue weighted by Crippen LogP contribution is 2.35. The second-order valence-corrected chi connectivity index (χ2v) is 9.46. The maximum atomic E-state index is 9.12. The summed E-state index contributed by atoms with van der Waals surface area (Å²) >= 11 is 0. The third-order valence-electron chi connectivity index (χ3n) is 3.68. The highest BCUT2D eigenvalue weighted by molar-refractivity contribution is 6.49. The van der Waals surface area contributed by atoms with Crippen molar-refractivity contribution in [3.05, 3.63) is 35.2 Å². The van der Waals surface area contributed by atoms with Crippen LogP contribution < -0.4 is 4.43 Å². The normalized spacial score (nSPS) is 12.0. The van der Waals surface area contributed by atoms with Crippen LogP contribution in [0.25, 0.3) is 11.5 Å². The molecule has 2 rings (SSSR count). The maximum absolute atomic E-state index is 9.12. The van der Waals surface area contributed by atoms with Gasteiger partial charge in [0.15, 0.2) is 0 Å². The zero-order chi connectivity index (χ0) is 17.2. The first-order valence-electron chi connectivity index (χ1n) is 8.11. The van der Waals surface area contributed by atoms with Gasteiger partial charge in [0, 0.05) is 13.0 Å². The van der Waals surface area contributed by atoms with E-state index < -0.39 is 9.04 Å². The number of aliphatic hydroxyl groups excluding tert-OH is 1. The molecule has 0 fully saturated rings. The lowest BCUT2D eigenvalue weighted by Gasteiger charge is -2.22. The van der Waals surface area contributed by atoms with E-state index >= 15 is 0 Å². The number of aliphatic hydroxyl groups is 1. The monoisotopic (exact) mass is 333 g/mol. The molecule has 0 amide bonds. The van der Waals surface area contributed by atoms with E-state index in [0.717, 1.165) is 22.8 Å². The molecule has 1 N–H and O–H groups in total. The molecule has 126 valence electrons. The van der Waals surface area contributed by atoms with Gasteiger partial charge >= 0.3 is 0 Å². The second-order valence-electron chi connectivity index (χ2n) is 7.12. The largest absolute Gasteiger partial charge is 0.546 e. The van der Waals surface area contributed by atoms with Crippen molar-refractivity contribution in [2.75, 3.05) is 6.61 Å². The minimum atomic E-state index is -1.25. The predicted molar refractivity (Wildman–Crippen MR) is 95.7 cm³/mol. The highest BCUT2D eigenvalue weighted by atomic mass is 28.3. The van der Waals surface area contributed by atoms with Crippen LogP contribution in [-0.4, -0.2) is 25.7 Å². The average Bonchev–Trinajstić information content (AvgIpc) is 2.79. The van der Waals surface area contributed by atoms with Crippen molar-refractivity contribution in [1.82, 2.24) is 4.98 Å². The molecule has 0 aliphatic heterocycles. The molecule has 23 heavy (non-hydrogen) atoms. The van der Waals surface area contributed by atoms with Crippen molar-refractivity contribution in [3.63, 3.8) is 0 Å². The average molecular weight is 334 g/mol. The van der Waals surface area contributed by atoms with Crippen molar-refractivity contribution < 1.29 is 13.9 Å². The van der Waals surface area contributed by atoms with E-state index in [1.165, 1.54) is 5.56 Å². The van der Waals surface area contributed by atoms with Crippen LogP contribution in [-0.2, 0) is 11.8 Å². The van der Waals surface area contributed by atoms with Gasteiger partial charge in [-0.05, 0) is 43.1 Å². The molecule has 0 spiro atoms. The Labute approximate surface area is 140 Å². The van der Waals surface area contributed by atoms with Crippen molar-refractivity contribution >= 4 is 9.04 Å². The molecule has 1 aromatic carbocycles. The Balaban J connectivity index is 2.50. The van der Waals surface area contributed by atoms with Gasteiger partial charge in [-0.15, -0.1) is 0 Å². The topological polar surface area (TPSA) is 55.5 Å². The molecule has 0 saturated carbocycles. The third-order valence-corrected chi connectivity index (χ3v) is 4.41. The number of benzene rings is 1. The van der Waals surface area contributed by atoms with Gasteiger partial charge in [-0.1, -0.05) is 26.8 Å². The second kappa shape index (κ2) is 6.89. The summed E-state index contributed by atoms with van der Waals surface area (Å²) in [5, 5.41) is 9.12. The van der Waals surface area contributed by atoms with Crippen LogP contribution in [0.2, 0.25) is 13.1 Å². The first kappa shape index (κ1) is 17.8. The van der Waals surface area contributed by atoms with E-state index in [1.54, 1.807) is 0 Å². The molecule has 0 saturated heterocycles. The van der Waals surface area contributed by atoms with Crippen molar-refractivity contribution in [2.24, 2.45) is 0 Å². The van der Waals surface area contributed by atoms with Gasteiger partial charge in [0.2, 0.25) is 14.9 Å². The predicted octanol–water partition coefficient (Wildman–Crippen LogP) is 3.84.